The third kappa shape index (κ3) is 2.54. The van der Waals surface area contributed by atoms with Crippen LogP contribution in [0.3, 0.4) is 0 Å². The zero-order valence-electron chi connectivity index (χ0n) is 10.2. The maximum Gasteiger partial charge on any atom is 0.277 e. The van der Waals surface area contributed by atoms with Crippen LogP contribution in [0.4, 0.5) is 5.69 Å². The largest absolute Gasteiger partial charge is 0.389 e. The van der Waals surface area contributed by atoms with Gasteiger partial charge in [-0.25, -0.2) is 0 Å². The predicted molar refractivity (Wildman–Crippen MR) is 66.0 cm³/mol. The molecule has 1 aromatic heterocycles. The number of carbonyl (C=O) groups excluding carboxylic acids is 1. The number of aliphatic hydroxyl groups is 1. The molecular formula is C12H14N4O2. The van der Waals surface area contributed by atoms with Crippen LogP contribution in [0.15, 0.2) is 30.5 Å². The Hall–Kier alpha value is -2.21. The van der Waals surface area contributed by atoms with Gasteiger partial charge >= 0.3 is 0 Å². The summed E-state index contributed by atoms with van der Waals surface area (Å²) in [5.74, 6) is -0.351. The van der Waals surface area contributed by atoms with Gasteiger partial charge in [-0.2, -0.15) is 9.90 Å². The quantitative estimate of drug-likeness (QED) is 0.850. The Balaban J connectivity index is 2.22. The SMILES string of the molecule is CC(O)c1ccccc1NC(=O)c1cnn(C)n1. The number of hydrogen-bond acceptors (Lipinski definition) is 4. The summed E-state index contributed by atoms with van der Waals surface area (Å²) >= 11 is 0. The zero-order valence-corrected chi connectivity index (χ0v) is 10.2. The molecule has 1 aromatic carbocycles. The number of rotatable bonds is 3. The van der Waals surface area contributed by atoms with Gasteiger partial charge in [0.15, 0.2) is 5.69 Å². The number of aliphatic hydroxyl groups excluding tert-OH is 1. The normalized spacial score (nSPS) is 12.2. The van der Waals surface area contributed by atoms with Gasteiger partial charge in [-0.15, -0.1) is 5.10 Å². The van der Waals surface area contributed by atoms with Gasteiger partial charge in [-0.3, -0.25) is 4.79 Å². The van der Waals surface area contributed by atoms with Gasteiger partial charge in [0.25, 0.3) is 5.91 Å². The lowest BCUT2D eigenvalue weighted by molar-refractivity contribution is 0.102. The van der Waals surface area contributed by atoms with Crippen molar-refractivity contribution in [3.8, 4) is 0 Å². The first-order valence-corrected chi connectivity index (χ1v) is 5.52. The van der Waals surface area contributed by atoms with E-state index in [2.05, 4.69) is 15.5 Å². The van der Waals surface area contributed by atoms with Crippen LogP contribution < -0.4 is 5.32 Å². The molecule has 94 valence electrons. The summed E-state index contributed by atoms with van der Waals surface area (Å²) < 4.78 is 0. The first kappa shape index (κ1) is 12.3. The molecular weight excluding hydrogens is 232 g/mol. The Kier molecular flexibility index (Phi) is 3.38. The van der Waals surface area contributed by atoms with Gasteiger partial charge in [0.05, 0.1) is 12.3 Å². The molecule has 6 heteroatoms. The first-order valence-electron chi connectivity index (χ1n) is 5.52. The highest BCUT2D eigenvalue weighted by Gasteiger charge is 2.13. The smallest absolute Gasteiger partial charge is 0.277 e. The van der Waals surface area contributed by atoms with E-state index in [0.717, 1.165) is 0 Å². The summed E-state index contributed by atoms with van der Waals surface area (Å²) in [5, 5.41) is 20.1. The number of hydrogen-bond donors (Lipinski definition) is 2. The fourth-order valence-corrected chi connectivity index (χ4v) is 1.61. The van der Waals surface area contributed by atoms with Crippen molar-refractivity contribution in [2.75, 3.05) is 5.32 Å². The van der Waals surface area contributed by atoms with Crippen molar-refractivity contribution < 1.29 is 9.90 Å². The van der Waals surface area contributed by atoms with Crippen molar-refractivity contribution in [2.45, 2.75) is 13.0 Å². The number of benzene rings is 1. The molecule has 1 unspecified atom stereocenters. The molecule has 0 aliphatic carbocycles. The highest BCUT2D eigenvalue weighted by molar-refractivity contribution is 6.03. The minimum absolute atomic E-state index is 0.234. The minimum atomic E-state index is -0.650. The molecule has 0 fully saturated rings. The van der Waals surface area contributed by atoms with Crippen molar-refractivity contribution in [1.82, 2.24) is 15.0 Å². The number of anilines is 1. The molecule has 0 radical (unpaired) electrons. The van der Waals surface area contributed by atoms with E-state index in [1.54, 1.807) is 38.2 Å². The summed E-state index contributed by atoms with van der Waals surface area (Å²) in [6.07, 6.45) is 0.740. The van der Waals surface area contributed by atoms with Gasteiger partial charge in [0.2, 0.25) is 0 Å². The molecule has 0 aliphatic heterocycles. The van der Waals surface area contributed by atoms with Gasteiger partial charge in [-0.05, 0) is 13.0 Å². The molecule has 0 aliphatic rings. The van der Waals surface area contributed by atoms with Gasteiger partial charge in [0, 0.05) is 18.3 Å². The van der Waals surface area contributed by atoms with E-state index >= 15 is 0 Å². The summed E-state index contributed by atoms with van der Waals surface area (Å²) in [4.78, 5) is 13.2. The standard InChI is InChI=1S/C12H14N4O2/c1-8(17)9-5-3-4-6-10(9)14-12(18)11-7-13-16(2)15-11/h3-8,17H,1-2H3,(H,14,18). The van der Waals surface area contributed by atoms with E-state index < -0.39 is 6.10 Å². The molecule has 18 heavy (non-hydrogen) atoms. The zero-order chi connectivity index (χ0) is 13.1. The average molecular weight is 246 g/mol. The number of aryl methyl sites for hydroxylation is 1. The fraction of sp³-hybridized carbons (Fsp3) is 0.250. The Morgan fingerprint density at radius 2 is 2.17 bits per heavy atom. The number of nitrogens with zero attached hydrogens (tertiary/aromatic N) is 3. The molecule has 1 heterocycles. The monoisotopic (exact) mass is 246 g/mol. The van der Waals surface area contributed by atoms with E-state index in [4.69, 9.17) is 0 Å². The first-order chi connectivity index (χ1) is 8.58. The number of carbonyl (C=O) groups is 1. The Bertz CT molecular complexity index is 563. The number of para-hydroxylation sites is 1. The van der Waals surface area contributed by atoms with Crippen LogP contribution in [0.2, 0.25) is 0 Å². The summed E-state index contributed by atoms with van der Waals surface area (Å²) in [6.45, 7) is 1.65. The number of amides is 1. The second-order valence-electron chi connectivity index (χ2n) is 3.94. The van der Waals surface area contributed by atoms with E-state index in [0.29, 0.717) is 11.3 Å². The van der Waals surface area contributed by atoms with Crippen LogP contribution in [0.5, 0.6) is 0 Å². The third-order valence-electron chi connectivity index (χ3n) is 2.49. The highest BCUT2D eigenvalue weighted by atomic mass is 16.3. The van der Waals surface area contributed by atoms with Crippen molar-refractivity contribution >= 4 is 11.6 Å². The summed E-state index contributed by atoms with van der Waals surface area (Å²) in [5.41, 5.74) is 1.47. The molecule has 0 saturated carbocycles. The van der Waals surface area contributed by atoms with Crippen LogP contribution in [-0.4, -0.2) is 26.0 Å². The van der Waals surface area contributed by atoms with E-state index in [9.17, 15) is 9.90 Å². The minimum Gasteiger partial charge on any atom is -0.389 e. The molecule has 0 spiro atoms. The second-order valence-corrected chi connectivity index (χ2v) is 3.94. The summed E-state index contributed by atoms with van der Waals surface area (Å²) in [7, 11) is 1.64. The Labute approximate surface area is 104 Å². The van der Waals surface area contributed by atoms with E-state index in [1.807, 2.05) is 0 Å². The second kappa shape index (κ2) is 4.97. The number of nitrogens with one attached hydrogen (secondary N) is 1. The maximum atomic E-state index is 11.9. The maximum absolute atomic E-state index is 11.9. The molecule has 1 amide bonds. The lowest BCUT2D eigenvalue weighted by Gasteiger charge is -2.11. The van der Waals surface area contributed by atoms with Crippen LogP contribution in [0.25, 0.3) is 0 Å². The van der Waals surface area contributed by atoms with E-state index in [-0.39, 0.29) is 11.6 Å². The van der Waals surface area contributed by atoms with Crippen LogP contribution in [0, 0.1) is 0 Å². The molecule has 2 aromatic rings. The number of aromatic nitrogens is 3. The van der Waals surface area contributed by atoms with Crippen molar-refractivity contribution in [1.29, 1.82) is 0 Å². The molecule has 2 N–H and O–H groups in total. The van der Waals surface area contributed by atoms with Gasteiger partial charge in [-0.1, -0.05) is 18.2 Å². The van der Waals surface area contributed by atoms with Crippen LogP contribution >= 0.6 is 0 Å². The molecule has 2 rings (SSSR count). The van der Waals surface area contributed by atoms with Gasteiger partial charge in [0.1, 0.15) is 0 Å². The average Bonchev–Trinajstić information content (AvgIpc) is 2.76. The van der Waals surface area contributed by atoms with Crippen LogP contribution in [0.1, 0.15) is 29.1 Å². The van der Waals surface area contributed by atoms with E-state index in [1.165, 1.54) is 11.0 Å². The highest BCUT2D eigenvalue weighted by Crippen LogP contribution is 2.22. The van der Waals surface area contributed by atoms with Crippen molar-refractivity contribution in [2.24, 2.45) is 7.05 Å². The third-order valence-corrected chi connectivity index (χ3v) is 2.49. The van der Waals surface area contributed by atoms with Gasteiger partial charge < -0.3 is 10.4 Å². The predicted octanol–water partition coefficient (Wildman–Crippen LogP) is 1.12. The molecule has 0 saturated heterocycles. The summed E-state index contributed by atoms with van der Waals surface area (Å²) in [6, 6.07) is 7.09. The van der Waals surface area contributed by atoms with Crippen molar-refractivity contribution in [3.05, 3.63) is 41.7 Å². The molecule has 1 atom stereocenters. The fourth-order valence-electron chi connectivity index (χ4n) is 1.61. The topological polar surface area (TPSA) is 80.0 Å². The lowest BCUT2D eigenvalue weighted by atomic mass is 10.1. The molecule has 6 nitrogen and oxygen atoms in total. The van der Waals surface area contributed by atoms with Crippen LogP contribution in [-0.2, 0) is 7.05 Å². The Morgan fingerprint density at radius 3 is 2.78 bits per heavy atom. The molecule has 0 bridgehead atoms. The Morgan fingerprint density at radius 1 is 1.44 bits per heavy atom. The lowest BCUT2D eigenvalue weighted by Crippen LogP contribution is -2.14. The van der Waals surface area contributed by atoms with Crippen molar-refractivity contribution in [3.63, 3.8) is 0 Å².